The normalized spacial score (nSPS) is 25.8. The topological polar surface area (TPSA) is 64.7 Å². The van der Waals surface area contributed by atoms with Gasteiger partial charge in [0.1, 0.15) is 0 Å². The van der Waals surface area contributed by atoms with Crippen molar-refractivity contribution in [2.45, 2.75) is 30.6 Å². The van der Waals surface area contributed by atoms with Gasteiger partial charge >= 0.3 is 0 Å². The van der Waals surface area contributed by atoms with Gasteiger partial charge in [-0.25, -0.2) is 0 Å². The van der Waals surface area contributed by atoms with Crippen LogP contribution in [-0.2, 0) is 9.59 Å². The fourth-order valence-corrected chi connectivity index (χ4v) is 6.79. The number of hydrogen-bond donors (Lipinski definition) is 2. The van der Waals surface area contributed by atoms with Crippen molar-refractivity contribution in [3.8, 4) is 0 Å². The molecule has 0 radical (unpaired) electrons. The van der Waals surface area contributed by atoms with Crippen molar-refractivity contribution >= 4 is 46.9 Å². The second-order valence-corrected chi connectivity index (χ2v) is 11.5. The molecule has 8 heteroatoms. The van der Waals surface area contributed by atoms with Gasteiger partial charge in [0, 0.05) is 67.2 Å². The lowest BCUT2D eigenvalue weighted by Crippen LogP contribution is -2.52. The highest BCUT2D eigenvalue weighted by atomic mass is 35.5. The van der Waals surface area contributed by atoms with Crippen molar-refractivity contribution in [2.75, 3.05) is 44.2 Å². The number of rotatable bonds is 6. The fourth-order valence-electron chi connectivity index (χ4n) is 5.31. The van der Waals surface area contributed by atoms with Gasteiger partial charge in [-0.2, -0.15) is 0 Å². The van der Waals surface area contributed by atoms with E-state index in [1.54, 1.807) is 11.8 Å². The van der Waals surface area contributed by atoms with Crippen LogP contribution in [0.2, 0.25) is 5.02 Å². The molecule has 2 aliphatic heterocycles. The third-order valence-electron chi connectivity index (χ3n) is 7.35. The molecule has 3 aliphatic rings. The molecule has 0 bridgehead atoms. The Hall–Kier alpha value is -2.48. The van der Waals surface area contributed by atoms with Crippen LogP contribution < -0.4 is 15.5 Å². The third-order valence-corrected chi connectivity index (χ3v) is 9.01. The van der Waals surface area contributed by atoms with E-state index in [1.165, 1.54) is 5.69 Å². The zero-order chi connectivity index (χ0) is 24.9. The molecule has 0 aromatic heterocycles. The number of thioether (sulfide) groups is 1. The first-order valence-corrected chi connectivity index (χ1v) is 14.1. The number of benzene rings is 2. The maximum absolute atomic E-state index is 12.9. The second kappa shape index (κ2) is 11.7. The molecule has 1 aliphatic carbocycles. The fraction of sp³-hybridized carbons (Fsp3) is 0.429. The van der Waals surface area contributed by atoms with Crippen molar-refractivity contribution in [1.29, 1.82) is 0 Å². The van der Waals surface area contributed by atoms with Crippen LogP contribution in [-0.4, -0.2) is 67.3 Å². The lowest BCUT2D eigenvalue weighted by Gasteiger charge is -2.39. The summed E-state index contributed by atoms with van der Waals surface area (Å²) in [6, 6.07) is 18.0. The number of nitrogens with zero attached hydrogens (tertiary/aromatic N) is 2. The predicted octanol–water partition coefficient (Wildman–Crippen LogP) is 4.02. The first kappa shape index (κ1) is 25.2. The Morgan fingerprint density at radius 1 is 1.08 bits per heavy atom. The molecule has 2 heterocycles. The Bertz CT molecular complexity index is 1100. The summed E-state index contributed by atoms with van der Waals surface area (Å²) in [6.07, 6.45) is 4.48. The summed E-state index contributed by atoms with van der Waals surface area (Å²) in [7, 11) is 0. The van der Waals surface area contributed by atoms with E-state index in [9.17, 15) is 9.59 Å². The van der Waals surface area contributed by atoms with Gasteiger partial charge in [0.25, 0.3) is 5.91 Å². The van der Waals surface area contributed by atoms with Gasteiger partial charge in [-0.1, -0.05) is 48.0 Å². The van der Waals surface area contributed by atoms with Crippen LogP contribution in [0.25, 0.3) is 6.08 Å². The number of fused-ring (bicyclic) bond motifs is 1. The molecule has 3 atom stereocenters. The van der Waals surface area contributed by atoms with Crippen LogP contribution in [0.4, 0.5) is 5.69 Å². The average molecular weight is 525 g/mol. The number of carbonyl (C=O) groups is 2. The van der Waals surface area contributed by atoms with E-state index in [4.69, 9.17) is 11.6 Å². The lowest BCUT2D eigenvalue weighted by atomic mass is 9.84. The molecule has 2 amide bonds. The molecule has 2 aromatic rings. The van der Waals surface area contributed by atoms with E-state index in [2.05, 4.69) is 26.5 Å². The first-order chi connectivity index (χ1) is 17.5. The van der Waals surface area contributed by atoms with Crippen LogP contribution in [0.5, 0.6) is 0 Å². The van der Waals surface area contributed by atoms with Gasteiger partial charge in [-0.05, 0) is 49.1 Å². The van der Waals surface area contributed by atoms with Gasteiger partial charge in [-0.15, -0.1) is 11.8 Å². The molecule has 2 saturated heterocycles. The Labute approximate surface area is 222 Å². The standard InChI is InChI=1S/C28H33ClN4O2S/c29-22-7-4-8-23(19-22)33-15-13-32(14-16-33)12-11-30-27(34)21-9-10-25-24(18-21)31-28(35)26(36-25)17-20-5-2-1-3-6-20/h1-8,17,19,21,24-25H,9-16,18H2,(H,30,34)(H,31,35)/b26-17-. The number of nitrogens with one attached hydrogen (secondary N) is 2. The first-order valence-electron chi connectivity index (χ1n) is 12.8. The minimum absolute atomic E-state index is 0.0249. The highest BCUT2D eigenvalue weighted by molar-refractivity contribution is 8.04. The van der Waals surface area contributed by atoms with Crippen LogP contribution in [0, 0.1) is 5.92 Å². The van der Waals surface area contributed by atoms with Gasteiger partial charge in [0.2, 0.25) is 5.91 Å². The number of halogens is 1. The van der Waals surface area contributed by atoms with Gasteiger partial charge in [0.15, 0.2) is 0 Å². The second-order valence-electron chi connectivity index (χ2n) is 9.77. The Morgan fingerprint density at radius 2 is 1.89 bits per heavy atom. The minimum atomic E-state index is -0.0357. The molecule has 36 heavy (non-hydrogen) atoms. The Kier molecular flexibility index (Phi) is 8.19. The number of carbonyl (C=O) groups excluding carboxylic acids is 2. The van der Waals surface area contributed by atoms with E-state index < -0.39 is 0 Å². The van der Waals surface area contributed by atoms with E-state index in [1.807, 2.05) is 54.6 Å². The summed E-state index contributed by atoms with van der Waals surface area (Å²) < 4.78 is 0. The molecule has 6 nitrogen and oxygen atoms in total. The summed E-state index contributed by atoms with van der Waals surface area (Å²) in [5.41, 5.74) is 2.20. The van der Waals surface area contributed by atoms with E-state index in [0.717, 1.165) is 61.1 Å². The highest BCUT2D eigenvalue weighted by Crippen LogP contribution is 2.39. The maximum Gasteiger partial charge on any atom is 0.257 e. The third kappa shape index (κ3) is 6.25. The van der Waals surface area contributed by atoms with E-state index >= 15 is 0 Å². The van der Waals surface area contributed by atoms with Gasteiger partial charge in [0.05, 0.1) is 4.91 Å². The molecule has 5 rings (SSSR count). The van der Waals surface area contributed by atoms with E-state index in [-0.39, 0.29) is 23.8 Å². The zero-order valence-electron chi connectivity index (χ0n) is 20.4. The van der Waals surface area contributed by atoms with Crippen molar-refractivity contribution in [1.82, 2.24) is 15.5 Å². The largest absolute Gasteiger partial charge is 0.369 e. The van der Waals surface area contributed by atoms with Gasteiger partial charge in [-0.3, -0.25) is 14.5 Å². The molecule has 190 valence electrons. The molecule has 0 spiro atoms. The van der Waals surface area contributed by atoms with Gasteiger partial charge < -0.3 is 15.5 Å². The zero-order valence-corrected chi connectivity index (χ0v) is 21.9. The molecule has 3 fully saturated rings. The molecule has 2 N–H and O–H groups in total. The summed E-state index contributed by atoms with van der Waals surface area (Å²) in [4.78, 5) is 31.1. The van der Waals surface area contributed by atoms with Crippen molar-refractivity contribution in [3.05, 3.63) is 70.1 Å². The quantitative estimate of drug-likeness (QED) is 0.559. The molecular weight excluding hydrogens is 492 g/mol. The van der Waals surface area contributed by atoms with Crippen LogP contribution in [0.15, 0.2) is 59.5 Å². The highest BCUT2D eigenvalue weighted by Gasteiger charge is 2.39. The van der Waals surface area contributed by atoms with Crippen LogP contribution >= 0.6 is 23.4 Å². The summed E-state index contributed by atoms with van der Waals surface area (Å²) in [5, 5.41) is 7.43. The monoisotopic (exact) mass is 524 g/mol. The summed E-state index contributed by atoms with van der Waals surface area (Å²) >= 11 is 7.80. The Morgan fingerprint density at radius 3 is 2.67 bits per heavy atom. The molecule has 3 unspecified atom stereocenters. The average Bonchev–Trinajstić information content (AvgIpc) is 2.90. The summed E-state index contributed by atoms with van der Waals surface area (Å²) in [6.45, 7) is 5.37. The van der Waals surface area contributed by atoms with Crippen molar-refractivity contribution in [3.63, 3.8) is 0 Å². The SMILES string of the molecule is O=C1NC2CC(C(=O)NCCN3CCN(c4cccc(Cl)c4)CC3)CCC2S/C1=C\c1ccccc1. The van der Waals surface area contributed by atoms with Crippen molar-refractivity contribution < 1.29 is 9.59 Å². The maximum atomic E-state index is 12.9. The molecular formula is C28H33ClN4O2S. The smallest absolute Gasteiger partial charge is 0.257 e. The number of piperazine rings is 1. The lowest BCUT2D eigenvalue weighted by molar-refractivity contribution is -0.127. The molecule has 2 aromatic carbocycles. The summed E-state index contributed by atoms with van der Waals surface area (Å²) in [5.74, 6) is 0.0606. The minimum Gasteiger partial charge on any atom is -0.369 e. The number of amides is 2. The van der Waals surface area contributed by atoms with E-state index in [0.29, 0.717) is 18.2 Å². The van der Waals surface area contributed by atoms with Crippen LogP contribution in [0.3, 0.4) is 0 Å². The van der Waals surface area contributed by atoms with Crippen molar-refractivity contribution in [2.24, 2.45) is 5.92 Å². The predicted molar refractivity (Wildman–Crippen MR) is 148 cm³/mol. The number of hydrogen-bond acceptors (Lipinski definition) is 5. The van der Waals surface area contributed by atoms with Crippen LogP contribution in [0.1, 0.15) is 24.8 Å². The molecule has 1 saturated carbocycles. The Balaban J connectivity index is 1.04. The number of anilines is 1.